The minimum Gasteiger partial charge on any atom is -0.393 e. The van der Waals surface area contributed by atoms with Gasteiger partial charge in [-0.05, 0) is 125 Å². The summed E-state index contributed by atoms with van der Waals surface area (Å²) in [7, 11) is 0. The van der Waals surface area contributed by atoms with Gasteiger partial charge in [-0.25, -0.2) is 0 Å². The molecule has 0 heterocycles. The summed E-state index contributed by atoms with van der Waals surface area (Å²) < 4.78 is 6.47. The Hall–Kier alpha value is -0.380. The molecular formula is C35H62O3. The predicted molar refractivity (Wildman–Crippen MR) is 159 cm³/mol. The molecule has 4 fully saturated rings. The van der Waals surface area contributed by atoms with Crippen LogP contribution in [-0.2, 0) is 4.74 Å². The zero-order valence-electron chi connectivity index (χ0n) is 27.1. The number of aliphatic hydroxyl groups excluding tert-OH is 1. The molecule has 0 aliphatic heterocycles. The van der Waals surface area contributed by atoms with Crippen LogP contribution in [0, 0.1) is 44.8 Å². The highest BCUT2D eigenvalue weighted by molar-refractivity contribution is 5.34. The summed E-state index contributed by atoms with van der Waals surface area (Å²) in [5.41, 5.74) is 1.36. The van der Waals surface area contributed by atoms with Gasteiger partial charge in [0.2, 0.25) is 0 Å². The van der Waals surface area contributed by atoms with Crippen molar-refractivity contribution in [2.24, 2.45) is 44.8 Å². The van der Waals surface area contributed by atoms with Crippen molar-refractivity contribution in [1.29, 1.82) is 0 Å². The summed E-state index contributed by atoms with van der Waals surface area (Å²) in [6, 6.07) is 0. The molecule has 0 bridgehead atoms. The van der Waals surface area contributed by atoms with E-state index in [-0.39, 0.29) is 50.8 Å². The molecule has 0 aromatic carbocycles. The third-order valence-electron chi connectivity index (χ3n) is 13.2. The average molecular weight is 531 g/mol. The first-order valence-electron chi connectivity index (χ1n) is 16.1. The molecule has 5 rings (SSSR count). The number of hydrogen-bond donors (Lipinski definition) is 2. The number of allylic oxidation sites excluding steroid dienone is 2. The third kappa shape index (κ3) is 4.30. The van der Waals surface area contributed by atoms with Crippen molar-refractivity contribution >= 4 is 0 Å². The number of hydrogen-bond acceptors (Lipinski definition) is 3. The molecule has 4 saturated carbocycles. The first-order chi connectivity index (χ1) is 17.3. The van der Waals surface area contributed by atoms with Crippen molar-refractivity contribution < 1.29 is 14.9 Å². The van der Waals surface area contributed by atoms with Crippen molar-refractivity contribution in [3.8, 4) is 0 Å². The van der Waals surface area contributed by atoms with E-state index in [1.807, 2.05) is 13.8 Å². The molecule has 3 nitrogen and oxygen atoms in total. The molecule has 5 aliphatic rings. The van der Waals surface area contributed by atoms with Crippen LogP contribution in [0.15, 0.2) is 11.6 Å². The zero-order chi connectivity index (χ0) is 28.7. The van der Waals surface area contributed by atoms with Gasteiger partial charge in [0.05, 0.1) is 23.4 Å². The first-order valence-corrected chi connectivity index (χ1v) is 16.1. The molecule has 0 aromatic rings. The smallest absolute Gasteiger partial charge is 0.0913 e. The van der Waals surface area contributed by atoms with E-state index < -0.39 is 5.60 Å². The van der Waals surface area contributed by atoms with Gasteiger partial charge in [-0.3, -0.25) is 0 Å². The van der Waals surface area contributed by atoms with Gasteiger partial charge in [-0.2, -0.15) is 0 Å². The van der Waals surface area contributed by atoms with Crippen LogP contribution in [0.5, 0.6) is 0 Å². The van der Waals surface area contributed by atoms with E-state index in [4.69, 9.17) is 4.74 Å². The maximum Gasteiger partial charge on any atom is 0.0913 e. The molecule has 2 N–H and O–H groups in total. The van der Waals surface area contributed by atoms with Crippen LogP contribution < -0.4 is 0 Å². The van der Waals surface area contributed by atoms with E-state index >= 15 is 0 Å². The van der Waals surface area contributed by atoms with E-state index in [2.05, 4.69) is 75.3 Å². The highest BCUT2D eigenvalue weighted by Crippen LogP contribution is 2.75. The lowest BCUT2D eigenvalue weighted by Gasteiger charge is -2.71. The zero-order valence-corrected chi connectivity index (χ0v) is 27.1. The highest BCUT2D eigenvalue weighted by atomic mass is 16.5. The molecule has 38 heavy (non-hydrogen) atoms. The SMILES string of the molecule is CC.CC1(C)CC2C3=CCC4[C@@]5(C)CC[C@H](OC(C)(C)C)[C@](C)(O)C5CC[C@@]4(C)[C@]3(C)CC[C@@]2(C)[C@H](O)C1. The van der Waals surface area contributed by atoms with E-state index in [9.17, 15) is 10.2 Å². The van der Waals surface area contributed by atoms with Crippen molar-refractivity contribution in [3.63, 3.8) is 0 Å². The van der Waals surface area contributed by atoms with Gasteiger partial charge in [0.1, 0.15) is 0 Å². The lowest BCUT2D eigenvalue weighted by molar-refractivity contribution is -0.258. The molecule has 3 unspecified atom stereocenters. The van der Waals surface area contributed by atoms with Gasteiger partial charge in [0.15, 0.2) is 0 Å². The summed E-state index contributed by atoms with van der Waals surface area (Å²) in [6.07, 6.45) is 12.3. The normalized spacial score (nSPS) is 51.7. The van der Waals surface area contributed by atoms with E-state index in [0.29, 0.717) is 11.8 Å². The van der Waals surface area contributed by atoms with Gasteiger partial charge >= 0.3 is 0 Å². The minimum absolute atomic E-state index is 0.0111. The summed E-state index contributed by atoms with van der Waals surface area (Å²) in [4.78, 5) is 0. The lowest BCUT2D eigenvalue weighted by Crippen LogP contribution is -2.67. The van der Waals surface area contributed by atoms with Crippen LogP contribution in [-0.4, -0.2) is 33.6 Å². The number of aliphatic hydroxyl groups is 2. The van der Waals surface area contributed by atoms with Crippen molar-refractivity contribution in [2.75, 3.05) is 0 Å². The van der Waals surface area contributed by atoms with Gasteiger partial charge in [0, 0.05) is 5.41 Å². The van der Waals surface area contributed by atoms with Gasteiger partial charge in [-0.15, -0.1) is 0 Å². The summed E-state index contributed by atoms with van der Waals surface area (Å²) in [5.74, 6) is 1.33. The topological polar surface area (TPSA) is 49.7 Å². The van der Waals surface area contributed by atoms with Gasteiger partial charge in [0.25, 0.3) is 0 Å². The molecule has 3 heteroatoms. The van der Waals surface area contributed by atoms with E-state index in [1.165, 1.54) is 19.3 Å². The largest absolute Gasteiger partial charge is 0.393 e. The lowest BCUT2D eigenvalue weighted by atomic mass is 9.34. The second kappa shape index (κ2) is 9.32. The number of fused-ring (bicyclic) bond motifs is 7. The Morgan fingerprint density at radius 2 is 1.45 bits per heavy atom. The van der Waals surface area contributed by atoms with Crippen LogP contribution in [0.1, 0.15) is 141 Å². The van der Waals surface area contributed by atoms with Gasteiger partial charge in [-0.1, -0.05) is 67.0 Å². The van der Waals surface area contributed by atoms with Crippen molar-refractivity contribution in [2.45, 2.75) is 164 Å². The standard InChI is InChI=1S/C33H56O3.C2H6/c1-27(2,3)36-26-14-15-30(7)23-12-11-21-22-19-28(4,5)20-25(34)29(22,6)17-18-31(21,8)32(23,9)16-13-24(30)33(26,10)35;1-2/h11,22-26,34-35H,12-20H2,1-10H3;1-2H3/t22?,23?,24?,25-,26+,29-,30-,31-,32-,33-;/m1./s1. The van der Waals surface area contributed by atoms with Gasteiger partial charge < -0.3 is 14.9 Å². The van der Waals surface area contributed by atoms with E-state index in [0.717, 1.165) is 38.5 Å². The molecular weight excluding hydrogens is 468 g/mol. The fourth-order valence-electron chi connectivity index (χ4n) is 10.9. The Bertz CT molecular complexity index is 926. The Kier molecular flexibility index (Phi) is 7.50. The van der Waals surface area contributed by atoms with E-state index in [1.54, 1.807) is 5.57 Å². The summed E-state index contributed by atoms with van der Waals surface area (Å²) in [6.45, 7) is 27.3. The summed E-state index contributed by atoms with van der Waals surface area (Å²) >= 11 is 0. The molecule has 5 aliphatic carbocycles. The highest BCUT2D eigenvalue weighted by Gasteiger charge is 2.69. The first kappa shape index (κ1) is 30.6. The Morgan fingerprint density at radius 3 is 2.05 bits per heavy atom. The van der Waals surface area contributed by atoms with Crippen LogP contribution >= 0.6 is 0 Å². The second-order valence-electron chi connectivity index (χ2n) is 16.9. The van der Waals surface area contributed by atoms with Crippen molar-refractivity contribution in [3.05, 3.63) is 11.6 Å². The quantitative estimate of drug-likeness (QED) is 0.333. The van der Waals surface area contributed by atoms with Crippen LogP contribution in [0.25, 0.3) is 0 Å². The molecule has 0 saturated heterocycles. The fourth-order valence-corrected chi connectivity index (χ4v) is 10.9. The predicted octanol–water partition coefficient (Wildman–Crippen LogP) is 8.71. The Morgan fingerprint density at radius 1 is 0.816 bits per heavy atom. The number of rotatable bonds is 1. The monoisotopic (exact) mass is 530 g/mol. The molecule has 220 valence electrons. The minimum atomic E-state index is -0.796. The molecule has 10 atom stereocenters. The van der Waals surface area contributed by atoms with Crippen LogP contribution in [0.4, 0.5) is 0 Å². The number of ether oxygens (including phenoxy) is 1. The second-order valence-corrected chi connectivity index (χ2v) is 16.9. The summed E-state index contributed by atoms with van der Waals surface area (Å²) in [5, 5.41) is 23.4. The third-order valence-corrected chi connectivity index (χ3v) is 13.2. The Balaban J connectivity index is 0.00000164. The average Bonchev–Trinajstić information content (AvgIpc) is 2.78. The molecule has 0 amide bonds. The molecule has 0 radical (unpaired) electrons. The van der Waals surface area contributed by atoms with Crippen LogP contribution in [0.2, 0.25) is 0 Å². The van der Waals surface area contributed by atoms with Crippen LogP contribution in [0.3, 0.4) is 0 Å². The maximum atomic E-state index is 12.0. The van der Waals surface area contributed by atoms with Crippen molar-refractivity contribution in [1.82, 2.24) is 0 Å². The molecule has 0 aromatic heterocycles. The fraction of sp³-hybridized carbons (Fsp3) is 0.943. The Labute approximate surface area is 235 Å². The molecule has 0 spiro atoms. The maximum absolute atomic E-state index is 12.0.